The average molecular weight is 494 g/mol. The number of fused-ring (bicyclic) bond motifs is 1. The van der Waals surface area contributed by atoms with Crippen LogP contribution in [0.4, 0.5) is 4.39 Å². The van der Waals surface area contributed by atoms with Crippen LogP contribution in [0.2, 0.25) is 0 Å². The van der Waals surface area contributed by atoms with Crippen molar-refractivity contribution in [3.05, 3.63) is 65.5 Å². The minimum Gasteiger partial charge on any atom is -0.487 e. The minimum absolute atomic E-state index is 0.0296. The maximum absolute atomic E-state index is 13.9. The van der Waals surface area contributed by atoms with Gasteiger partial charge >= 0.3 is 0 Å². The molecule has 190 valence electrons. The topological polar surface area (TPSA) is 70.2 Å². The van der Waals surface area contributed by atoms with Crippen LogP contribution in [0.3, 0.4) is 0 Å². The Bertz CT molecular complexity index is 1090. The lowest BCUT2D eigenvalue weighted by atomic mass is 9.98. The number of carbonyl (C=O) groups is 3. The summed E-state index contributed by atoms with van der Waals surface area (Å²) in [6.07, 6.45) is 4.43. The van der Waals surface area contributed by atoms with E-state index in [0.717, 1.165) is 51.9 Å². The minimum atomic E-state index is -0.319. The summed E-state index contributed by atoms with van der Waals surface area (Å²) < 4.78 is 19.7. The summed E-state index contributed by atoms with van der Waals surface area (Å²) in [5.41, 5.74) is 0.887. The molecule has 2 fully saturated rings. The molecule has 3 aliphatic rings. The molecule has 3 amide bonds. The molecular formula is C28H32FN3O4. The predicted octanol–water partition coefficient (Wildman–Crippen LogP) is 3.74. The Morgan fingerprint density at radius 2 is 1.47 bits per heavy atom. The first-order valence-electron chi connectivity index (χ1n) is 12.9. The number of rotatable bonds is 7. The number of para-hydroxylation sites is 1. The SMILES string of the molecule is O=C(CCCN1C(=O)c2ccccc2C1=O)N1CCC(N2CCC(Oc3ccccc3F)CC2)CC1. The van der Waals surface area contributed by atoms with Gasteiger partial charge in [0.15, 0.2) is 11.6 Å². The Balaban J connectivity index is 1.02. The number of halogens is 1. The van der Waals surface area contributed by atoms with Crippen LogP contribution >= 0.6 is 0 Å². The molecule has 0 aliphatic carbocycles. The largest absolute Gasteiger partial charge is 0.487 e. The number of hydrogen-bond donors (Lipinski definition) is 0. The molecule has 5 rings (SSSR count). The van der Waals surface area contributed by atoms with E-state index in [1.165, 1.54) is 11.0 Å². The Kier molecular flexibility index (Phi) is 7.32. The van der Waals surface area contributed by atoms with Gasteiger partial charge in [-0.15, -0.1) is 0 Å². The van der Waals surface area contributed by atoms with E-state index in [2.05, 4.69) is 4.90 Å². The molecule has 2 saturated heterocycles. The van der Waals surface area contributed by atoms with E-state index in [0.29, 0.717) is 35.8 Å². The van der Waals surface area contributed by atoms with Crippen LogP contribution in [0.15, 0.2) is 48.5 Å². The molecule has 3 aliphatic heterocycles. The van der Waals surface area contributed by atoms with E-state index in [1.54, 1.807) is 42.5 Å². The van der Waals surface area contributed by atoms with Gasteiger partial charge in [-0.1, -0.05) is 24.3 Å². The Morgan fingerprint density at radius 1 is 0.861 bits per heavy atom. The molecule has 0 aromatic heterocycles. The summed E-state index contributed by atoms with van der Waals surface area (Å²) >= 11 is 0. The number of benzene rings is 2. The second-order valence-electron chi connectivity index (χ2n) is 9.81. The van der Waals surface area contributed by atoms with Crippen LogP contribution < -0.4 is 4.74 Å². The normalized spacial score (nSPS) is 19.6. The monoisotopic (exact) mass is 493 g/mol. The van der Waals surface area contributed by atoms with Crippen LogP contribution in [0.25, 0.3) is 0 Å². The summed E-state index contributed by atoms with van der Waals surface area (Å²) in [6.45, 7) is 3.54. The molecule has 0 radical (unpaired) electrons. The molecule has 2 aromatic carbocycles. The third-order valence-electron chi connectivity index (χ3n) is 7.59. The number of nitrogens with zero attached hydrogens (tertiary/aromatic N) is 3. The first-order chi connectivity index (χ1) is 17.5. The van der Waals surface area contributed by atoms with Crippen molar-refractivity contribution in [2.45, 2.75) is 50.7 Å². The Hall–Kier alpha value is -3.26. The molecule has 0 spiro atoms. The van der Waals surface area contributed by atoms with Crippen molar-refractivity contribution in [1.82, 2.24) is 14.7 Å². The molecule has 0 saturated carbocycles. The van der Waals surface area contributed by atoms with Crippen molar-refractivity contribution in [1.29, 1.82) is 0 Å². The molecule has 2 aromatic rings. The number of likely N-dealkylation sites (tertiary alicyclic amines) is 2. The number of carbonyl (C=O) groups excluding carboxylic acids is 3. The third kappa shape index (κ3) is 5.14. The zero-order valence-electron chi connectivity index (χ0n) is 20.4. The van der Waals surface area contributed by atoms with Gasteiger partial charge in [0, 0.05) is 45.2 Å². The van der Waals surface area contributed by atoms with Gasteiger partial charge < -0.3 is 9.64 Å². The molecule has 7 nitrogen and oxygen atoms in total. The zero-order valence-corrected chi connectivity index (χ0v) is 20.4. The molecule has 36 heavy (non-hydrogen) atoms. The lowest BCUT2D eigenvalue weighted by Crippen LogP contribution is -2.50. The van der Waals surface area contributed by atoms with Crippen molar-refractivity contribution in [3.63, 3.8) is 0 Å². The highest BCUT2D eigenvalue weighted by molar-refractivity contribution is 6.21. The number of imide groups is 1. The van der Waals surface area contributed by atoms with Crippen LogP contribution in [-0.2, 0) is 4.79 Å². The zero-order chi connectivity index (χ0) is 25.1. The van der Waals surface area contributed by atoms with Crippen LogP contribution in [0, 0.1) is 5.82 Å². The fourth-order valence-electron chi connectivity index (χ4n) is 5.55. The molecule has 0 unspecified atom stereocenters. The van der Waals surface area contributed by atoms with E-state index in [-0.39, 0.29) is 36.2 Å². The fraction of sp³-hybridized carbons (Fsp3) is 0.464. The first kappa shape index (κ1) is 24.4. The van der Waals surface area contributed by atoms with Crippen molar-refractivity contribution in [2.75, 3.05) is 32.7 Å². The summed E-state index contributed by atoms with van der Waals surface area (Å²) in [7, 11) is 0. The van der Waals surface area contributed by atoms with Gasteiger partial charge in [-0.05, 0) is 56.4 Å². The third-order valence-corrected chi connectivity index (χ3v) is 7.59. The lowest BCUT2D eigenvalue weighted by molar-refractivity contribution is -0.133. The maximum Gasteiger partial charge on any atom is 0.261 e. The van der Waals surface area contributed by atoms with E-state index in [4.69, 9.17) is 4.74 Å². The highest BCUT2D eigenvalue weighted by Gasteiger charge is 2.35. The quantitative estimate of drug-likeness (QED) is 0.550. The van der Waals surface area contributed by atoms with Gasteiger partial charge in [0.1, 0.15) is 6.10 Å². The molecule has 0 bridgehead atoms. The van der Waals surface area contributed by atoms with Gasteiger partial charge in [0.05, 0.1) is 11.1 Å². The van der Waals surface area contributed by atoms with E-state index in [1.807, 2.05) is 4.90 Å². The number of amides is 3. The molecule has 0 atom stereocenters. The van der Waals surface area contributed by atoms with E-state index < -0.39 is 0 Å². The van der Waals surface area contributed by atoms with Gasteiger partial charge in [-0.3, -0.25) is 24.2 Å². The average Bonchev–Trinajstić information content (AvgIpc) is 3.15. The van der Waals surface area contributed by atoms with E-state index >= 15 is 0 Å². The van der Waals surface area contributed by atoms with Crippen LogP contribution in [0.1, 0.15) is 59.2 Å². The van der Waals surface area contributed by atoms with Gasteiger partial charge in [0.25, 0.3) is 11.8 Å². The summed E-state index contributed by atoms with van der Waals surface area (Å²) in [5, 5.41) is 0. The highest BCUT2D eigenvalue weighted by atomic mass is 19.1. The Morgan fingerprint density at radius 3 is 2.11 bits per heavy atom. The standard InChI is InChI=1S/C28H32FN3O4/c29-24-8-3-4-9-25(24)36-21-13-18-30(19-14-21)20-11-16-31(17-12-20)26(33)10-5-15-32-27(34)22-6-1-2-7-23(22)28(32)35/h1-4,6-9,20-21H,5,10-19H2. The van der Waals surface area contributed by atoms with Crippen molar-refractivity contribution in [2.24, 2.45) is 0 Å². The van der Waals surface area contributed by atoms with Crippen molar-refractivity contribution < 1.29 is 23.5 Å². The van der Waals surface area contributed by atoms with E-state index in [9.17, 15) is 18.8 Å². The van der Waals surface area contributed by atoms with Crippen LogP contribution in [0.5, 0.6) is 5.75 Å². The van der Waals surface area contributed by atoms with Crippen LogP contribution in [-0.4, -0.2) is 77.3 Å². The summed E-state index contributed by atoms with van der Waals surface area (Å²) in [5.74, 6) is -0.451. The molecular weight excluding hydrogens is 461 g/mol. The maximum atomic E-state index is 13.9. The van der Waals surface area contributed by atoms with Gasteiger partial charge in [-0.25, -0.2) is 4.39 Å². The van der Waals surface area contributed by atoms with Crippen molar-refractivity contribution >= 4 is 17.7 Å². The smallest absolute Gasteiger partial charge is 0.261 e. The number of piperidine rings is 2. The second kappa shape index (κ2) is 10.8. The van der Waals surface area contributed by atoms with Gasteiger partial charge in [-0.2, -0.15) is 0 Å². The lowest BCUT2D eigenvalue weighted by Gasteiger charge is -2.41. The predicted molar refractivity (Wildman–Crippen MR) is 132 cm³/mol. The number of hydrogen-bond acceptors (Lipinski definition) is 5. The fourth-order valence-corrected chi connectivity index (χ4v) is 5.55. The summed E-state index contributed by atoms with van der Waals surface area (Å²) in [4.78, 5) is 43.4. The second-order valence-corrected chi connectivity index (χ2v) is 9.81. The van der Waals surface area contributed by atoms with Gasteiger partial charge in [0.2, 0.25) is 5.91 Å². The Labute approximate surface area is 210 Å². The first-order valence-corrected chi connectivity index (χ1v) is 12.9. The van der Waals surface area contributed by atoms with Crippen molar-refractivity contribution in [3.8, 4) is 5.75 Å². The molecule has 0 N–H and O–H groups in total. The summed E-state index contributed by atoms with van der Waals surface area (Å²) in [6, 6.07) is 13.8. The molecule has 8 heteroatoms. The highest BCUT2D eigenvalue weighted by Crippen LogP contribution is 2.26. The number of ether oxygens (including phenoxy) is 1. The molecule has 3 heterocycles.